The van der Waals surface area contributed by atoms with Gasteiger partial charge in [-0.15, -0.1) is 6.58 Å². The zero-order valence-corrected chi connectivity index (χ0v) is 12.7. The number of halogens is 1. The molecule has 0 spiro atoms. The summed E-state index contributed by atoms with van der Waals surface area (Å²) < 4.78 is 22.6. The summed E-state index contributed by atoms with van der Waals surface area (Å²) >= 11 is 0. The number of amides is 1. The molecule has 0 atom stereocenters. The Labute approximate surface area is 123 Å². The molecule has 0 bridgehead atoms. The zero-order chi connectivity index (χ0) is 14.9. The summed E-state index contributed by atoms with van der Waals surface area (Å²) in [6.45, 7) is 5.87. The van der Waals surface area contributed by atoms with Crippen molar-refractivity contribution < 1.29 is 13.2 Å². The summed E-state index contributed by atoms with van der Waals surface area (Å²) in [6, 6.07) is 4.58. The van der Waals surface area contributed by atoms with Crippen molar-refractivity contribution in [2.45, 2.75) is 30.7 Å². The molecule has 108 valence electrons. The molecule has 20 heavy (non-hydrogen) atoms. The van der Waals surface area contributed by atoms with Crippen LogP contribution in [0.5, 0.6) is 0 Å². The molecule has 6 heteroatoms. The first-order chi connectivity index (χ1) is 9.34. The summed E-state index contributed by atoms with van der Waals surface area (Å²) in [5.74, 6) is -0.0941. The first kappa shape index (κ1) is 15.1. The predicted octanol–water partition coefficient (Wildman–Crippen LogP) is 2.71. The fourth-order valence-corrected chi connectivity index (χ4v) is 2.94. The molecule has 1 aliphatic rings. The van der Waals surface area contributed by atoms with Crippen molar-refractivity contribution in [2.24, 2.45) is 0 Å². The molecular formula is C14H16ClNO3S. The molecule has 0 aliphatic heterocycles. The minimum absolute atomic E-state index is 0.00918. The highest BCUT2D eigenvalue weighted by molar-refractivity contribution is 8.13. The van der Waals surface area contributed by atoms with Crippen LogP contribution in [0.25, 0.3) is 0 Å². The lowest BCUT2D eigenvalue weighted by Gasteiger charge is -2.21. The summed E-state index contributed by atoms with van der Waals surface area (Å²) in [5, 5.41) is 0. The number of aryl methyl sites for hydroxylation is 1. The lowest BCUT2D eigenvalue weighted by atomic mass is 10.1. The Bertz CT molecular complexity index is 650. The van der Waals surface area contributed by atoms with Gasteiger partial charge in [0.05, 0.1) is 4.90 Å². The number of benzene rings is 1. The number of nitrogens with zero attached hydrogens (tertiary/aromatic N) is 1. The Morgan fingerprint density at radius 2 is 2.15 bits per heavy atom. The summed E-state index contributed by atoms with van der Waals surface area (Å²) in [4.78, 5) is 14.3. The van der Waals surface area contributed by atoms with Crippen LogP contribution in [0.3, 0.4) is 0 Å². The van der Waals surface area contributed by atoms with Gasteiger partial charge in [0.25, 0.3) is 15.0 Å². The molecule has 2 rings (SSSR count). The third-order valence-corrected chi connectivity index (χ3v) is 4.64. The molecule has 0 heterocycles. The van der Waals surface area contributed by atoms with Crippen molar-refractivity contribution in [3.05, 3.63) is 42.0 Å². The second kappa shape index (κ2) is 5.58. The third-order valence-electron chi connectivity index (χ3n) is 3.28. The van der Waals surface area contributed by atoms with Gasteiger partial charge in [-0.1, -0.05) is 6.08 Å². The Hall–Kier alpha value is -1.33. The van der Waals surface area contributed by atoms with Crippen LogP contribution < -0.4 is 0 Å². The second-order valence-corrected chi connectivity index (χ2v) is 7.46. The Balaban J connectivity index is 2.32. The van der Waals surface area contributed by atoms with Gasteiger partial charge in [-0.3, -0.25) is 4.79 Å². The molecule has 0 saturated heterocycles. The number of hydrogen-bond donors (Lipinski definition) is 0. The lowest BCUT2D eigenvalue weighted by Crippen LogP contribution is -2.33. The van der Waals surface area contributed by atoms with Crippen LogP contribution in [0.1, 0.15) is 28.8 Å². The van der Waals surface area contributed by atoms with Crippen molar-refractivity contribution in [1.82, 2.24) is 4.90 Å². The highest BCUT2D eigenvalue weighted by Crippen LogP contribution is 2.29. The highest BCUT2D eigenvalue weighted by atomic mass is 35.7. The van der Waals surface area contributed by atoms with E-state index in [1.54, 1.807) is 17.9 Å². The van der Waals surface area contributed by atoms with Crippen molar-refractivity contribution in [1.29, 1.82) is 0 Å². The minimum atomic E-state index is -3.77. The van der Waals surface area contributed by atoms with Crippen molar-refractivity contribution in [2.75, 3.05) is 6.54 Å². The van der Waals surface area contributed by atoms with Gasteiger partial charge in [0.2, 0.25) is 0 Å². The summed E-state index contributed by atoms with van der Waals surface area (Å²) in [5.41, 5.74) is 1.11. The van der Waals surface area contributed by atoms with Crippen LogP contribution in [0.2, 0.25) is 0 Å². The van der Waals surface area contributed by atoms with E-state index in [-0.39, 0.29) is 16.8 Å². The quantitative estimate of drug-likeness (QED) is 0.620. The van der Waals surface area contributed by atoms with Crippen molar-refractivity contribution >= 4 is 25.6 Å². The molecule has 0 unspecified atom stereocenters. The predicted molar refractivity (Wildman–Crippen MR) is 78.5 cm³/mol. The van der Waals surface area contributed by atoms with Gasteiger partial charge >= 0.3 is 0 Å². The number of carbonyl (C=O) groups is 1. The van der Waals surface area contributed by atoms with Gasteiger partial charge in [0.1, 0.15) is 0 Å². The van der Waals surface area contributed by atoms with Gasteiger partial charge in [-0.25, -0.2) is 8.42 Å². The molecule has 1 fully saturated rings. The van der Waals surface area contributed by atoms with E-state index in [0.29, 0.717) is 17.7 Å². The van der Waals surface area contributed by atoms with E-state index in [2.05, 4.69) is 6.58 Å². The first-order valence-electron chi connectivity index (χ1n) is 6.31. The number of rotatable bonds is 5. The van der Waals surface area contributed by atoms with Crippen LogP contribution in [0, 0.1) is 6.92 Å². The molecule has 0 radical (unpaired) electrons. The van der Waals surface area contributed by atoms with Crippen molar-refractivity contribution in [3.63, 3.8) is 0 Å². The Morgan fingerprint density at radius 1 is 1.50 bits per heavy atom. The minimum Gasteiger partial charge on any atom is -0.332 e. The van der Waals surface area contributed by atoms with Crippen molar-refractivity contribution in [3.8, 4) is 0 Å². The topological polar surface area (TPSA) is 54.5 Å². The van der Waals surface area contributed by atoms with Crippen LogP contribution in [-0.4, -0.2) is 31.8 Å². The van der Waals surface area contributed by atoms with Gasteiger partial charge in [-0.05, 0) is 43.5 Å². The monoisotopic (exact) mass is 313 g/mol. The van der Waals surface area contributed by atoms with E-state index in [1.807, 2.05) is 0 Å². The molecule has 4 nitrogen and oxygen atoms in total. The lowest BCUT2D eigenvalue weighted by molar-refractivity contribution is 0.0762. The molecule has 1 saturated carbocycles. The molecule has 0 aromatic heterocycles. The number of carbonyl (C=O) groups excluding carboxylic acids is 1. The average Bonchev–Trinajstić information content (AvgIpc) is 3.18. The molecule has 1 aromatic carbocycles. The standard InChI is InChI=1S/C14H16ClNO3S/c1-3-8-16(11-4-5-11)14(17)13-7-6-12(9-10(13)2)20(15,18)19/h3,6-7,9,11H,1,4-5,8H2,2H3. The first-order valence-corrected chi connectivity index (χ1v) is 8.62. The molecule has 0 N–H and O–H groups in total. The van der Waals surface area contributed by atoms with Gasteiger partial charge < -0.3 is 4.90 Å². The smallest absolute Gasteiger partial charge is 0.261 e. The van der Waals surface area contributed by atoms with Crippen LogP contribution in [0.4, 0.5) is 0 Å². The van der Waals surface area contributed by atoms with E-state index in [4.69, 9.17) is 10.7 Å². The summed E-state index contributed by atoms with van der Waals surface area (Å²) in [7, 11) is 1.53. The normalized spacial score (nSPS) is 14.9. The number of hydrogen-bond acceptors (Lipinski definition) is 3. The maximum Gasteiger partial charge on any atom is 0.261 e. The second-order valence-electron chi connectivity index (χ2n) is 4.89. The molecule has 1 aromatic rings. The van der Waals surface area contributed by atoms with Crippen LogP contribution in [0.15, 0.2) is 35.7 Å². The maximum atomic E-state index is 12.5. The zero-order valence-electron chi connectivity index (χ0n) is 11.2. The van der Waals surface area contributed by atoms with Crippen LogP contribution >= 0.6 is 10.7 Å². The van der Waals surface area contributed by atoms with Crippen LogP contribution in [-0.2, 0) is 9.05 Å². The van der Waals surface area contributed by atoms with Gasteiger partial charge in [0.15, 0.2) is 0 Å². The van der Waals surface area contributed by atoms with Gasteiger partial charge in [-0.2, -0.15) is 0 Å². The third kappa shape index (κ3) is 3.22. The fraction of sp³-hybridized carbons (Fsp3) is 0.357. The molecule has 1 amide bonds. The van der Waals surface area contributed by atoms with E-state index in [0.717, 1.165) is 12.8 Å². The van der Waals surface area contributed by atoms with E-state index in [1.165, 1.54) is 18.2 Å². The molecular weight excluding hydrogens is 298 g/mol. The van der Waals surface area contributed by atoms with E-state index in [9.17, 15) is 13.2 Å². The largest absolute Gasteiger partial charge is 0.332 e. The summed E-state index contributed by atoms with van der Waals surface area (Å²) in [6.07, 6.45) is 3.71. The fourth-order valence-electron chi connectivity index (χ4n) is 2.11. The van der Waals surface area contributed by atoms with E-state index < -0.39 is 9.05 Å². The Morgan fingerprint density at radius 3 is 2.60 bits per heavy atom. The van der Waals surface area contributed by atoms with Gasteiger partial charge in [0, 0.05) is 28.8 Å². The maximum absolute atomic E-state index is 12.5. The van der Waals surface area contributed by atoms with E-state index >= 15 is 0 Å². The SMILES string of the molecule is C=CCN(C(=O)c1ccc(S(=O)(=O)Cl)cc1C)C1CC1. The Kier molecular flexibility index (Phi) is 4.20. The average molecular weight is 314 g/mol. The molecule has 1 aliphatic carbocycles. The highest BCUT2D eigenvalue weighted by Gasteiger charge is 2.32.